The molecule has 0 bridgehead atoms. The van der Waals surface area contributed by atoms with Crippen molar-refractivity contribution >= 4 is 26.1 Å². The molecule has 0 aliphatic rings. The molecule has 1 heteroatoms. The zero-order valence-electron chi connectivity index (χ0n) is 11.0. The van der Waals surface area contributed by atoms with Gasteiger partial charge in [0.15, 0.2) is 0 Å². The molecule has 1 rings (SSSR count). The van der Waals surface area contributed by atoms with E-state index in [1.807, 2.05) is 0 Å². The molecule has 83 valence electrons. The van der Waals surface area contributed by atoms with Crippen LogP contribution in [-0.2, 0) is 12.8 Å². The maximum absolute atomic E-state index is 2.33. The van der Waals surface area contributed by atoms with Gasteiger partial charge in [-0.25, -0.2) is 0 Å². The third-order valence-electron chi connectivity index (χ3n) is 2.85. The Kier molecular flexibility index (Phi) is 6.38. The van der Waals surface area contributed by atoms with Crippen molar-refractivity contribution in [2.75, 3.05) is 0 Å². The molecule has 0 saturated carbocycles. The SMILES string of the molecule is CCCCc1ccc[c]([Sn])c1CCCC.[H-]. The van der Waals surface area contributed by atoms with Gasteiger partial charge in [0.25, 0.3) is 0 Å². The average Bonchev–Trinajstić information content (AvgIpc) is 2.25. The molecule has 3 radical (unpaired) electrons. The van der Waals surface area contributed by atoms with Crippen LogP contribution >= 0.6 is 0 Å². The Bertz CT molecular complexity index is 297. The first-order valence-corrected chi connectivity index (χ1v) is 7.54. The first kappa shape index (κ1) is 13.1. The molecule has 0 aromatic heterocycles. The number of rotatable bonds is 6. The summed E-state index contributed by atoms with van der Waals surface area (Å²) in [7, 11) is 0. The molecule has 0 aliphatic heterocycles. The van der Waals surface area contributed by atoms with Gasteiger partial charge in [-0.1, -0.05) is 0 Å². The van der Waals surface area contributed by atoms with Crippen molar-refractivity contribution in [3.05, 3.63) is 29.3 Å². The van der Waals surface area contributed by atoms with Gasteiger partial charge in [-0.2, -0.15) is 0 Å². The molecular weight excluding hydrogens is 287 g/mol. The summed E-state index contributed by atoms with van der Waals surface area (Å²) < 4.78 is 1.57. The van der Waals surface area contributed by atoms with Crippen LogP contribution in [0.15, 0.2) is 18.2 Å². The summed E-state index contributed by atoms with van der Waals surface area (Å²) in [4.78, 5) is 0. The van der Waals surface area contributed by atoms with Gasteiger partial charge in [-0.15, -0.1) is 0 Å². The van der Waals surface area contributed by atoms with E-state index in [1.165, 1.54) is 38.5 Å². The molecule has 1 aromatic rings. The van der Waals surface area contributed by atoms with Crippen molar-refractivity contribution in [1.29, 1.82) is 0 Å². The standard InChI is InChI=1S/C14H21.Sn.H/c1-3-5-9-13-11-7-8-12-14(13)10-6-4-2;;/h7-8,11H,3-6,9-10H2,1-2H3;;/q;;-1. The number of aryl methyl sites for hydroxylation is 1. The van der Waals surface area contributed by atoms with Crippen molar-refractivity contribution in [2.45, 2.75) is 52.4 Å². The van der Waals surface area contributed by atoms with Gasteiger partial charge >= 0.3 is 108 Å². The van der Waals surface area contributed by atoms with Crippen molar-refractivity contribution in [2.24, 2.45) is 0 Å². The van der Waals surface area contributed by atoms with Gasteiger partial charge in [-0.3, -0.25) is 0 Å². The molecule has 0 saturated heterocycles. The van der Waals surface area contributed by atoms with Crippen LogP contribution in [0, 0.1) is 0 Å². The predicted molar refractivity (Wildman–Crippen MR) is 70.2 cm³/mol. The van der Waals surface area contributed by atoms with Crippen LogP contribution in [0.4, 0.5) is 0 Å². The summed E-state index contributed by atoms with van der Waals surface area (Å²) in [5, 5.41) is 0. The number of benzene rings is 1. The minimum Gasteiger partial charge on any atom is -1.00 e. The van der Waals surface area contributed by atoms with E-state index >= 15 is 0 Å². The molecule has 0 amide bonds. The third kappa shape index (κ3) is 4.18. The fourth-order valence-corrected chi connectivity index (χ4v) is 2.97. The Balaban J connectivity index is 0.00000225. The van der Waals surface area contributed by atoms with Crippen LogP contribution in [0.3, 0.4) is 0 Å². The average molecular weight is 309 g/mol. The molecule has 0 heterocycles. The Morgan fingerprint density at radius 2 is 1.73 bits per heavy atom. The fourth-order valence-electron chi connectivity index (χ4n) is 1.88. The molecule has 1 aromatic carbocycles. The molecule has 0 fully saturated rings. The summed E-state index contributed by atoms with van der Waals surface area (Å²) in [6.45, 7) is 4.55. The van der Waals surface area contributed by atoms with Crippen LogP contribution in [0.5, 0.6) is 0 Å². The van der Waals surface area contributed by atoms with Gasteiger partial charge in [0.05, 0.1) is 0 Å². The topological polar surface area (TPSA) is 0 Å². The second-order valence-electron chi connectivity index (χ2n) is 4.15. The molecule has 15 heavy (non-hydrogen) atoms. The summed E-state index contributed by atoms with van der Waals surface area (Å²) >= 11 is 1.57. The monoisotopic (exact) mass is 310 g/mol. The van der Waals surface area contributed by atoms with Crippen molar-refractivity contribution in [3.63, 3.8) is 0 Å². The van der Waals surface area contributed by atoms with E-state index in [0.29, 0.717) is 0 Å². The maximum Gasteiger partial charge on any atom is -1.00 e. The van der Waals surface area contributed by atoms with E-state index < -0.39 is 0 Å². The smallest absolute Gasteiger partial charge is 1.00 e. The van der Waals surface area contributed by atoms with Gasteiger partial charge in [-0.05, 0) is 0 Å². The zero-order valence-corrected chi connectivity index (χ0v) is 12.8. The fraction of sp³-hybridized carbons (Fsp3) is 0.571. The van der Waals surface area contributed by atoms with Gasteiger partial charge < -0.3 is 1.43 Å². The molecule has 0 nitrogen and oxygen atoms in total. The van der Waals surface area contributed by atoms with E-state index in [2.05, 4.69) is 32.0 Å². The zero-order chi connectivity index (χ0) is 11.1. The van der Waals surface area contributed by atoms with E-state index in [9.17, 15) is 0 Å². The van der Waals surface area contributed by atoms with Crippen molar-refractivity contribution in [1.82, 2.24) is 0 Å². The van der Waals surface area contributed by atoms with Crippen molar-refractivity contribution < 1.29 is 1.43 Å². The molecular formula is C14H22Sn-. The second kappa shape index (κ2) is 7.32. The maximum atomic E-state index is 2.33. The quantitative estimate of drug-likeness (QED) is 0.708. The van der Waals surface area contributed by atoms with Crippen LogP contribution in [0.1, 0.15) is 52.1 Å². The van der Waals surface area contributed by atoms with Crippen LogP contribution < -0.4 is 3.58 Å². The van der Waals surface area contributed by atoms with E-state index in [1.54, 1.807) is 37.2 Å². The van der Waals surface area contributed by atoms with Crippen LogP contribution in [0.2, 0.25) is 0 Å². The third-order valence-corrected chi connectivity index (χ3v) is 4.19. The van der Waals surface area contributed by atoms with Gasteiger partial charge in [0.2, 0.25) is 0 Å². The predicted octanol–water partition coefficient (Wildman–Crippen LogP) is 3.28. The second-order valence-corrected chi connectivity index (χ2v) is 5.69. The van der Waals surface area contributed by atoms with Gasteiger partial charge in [0.1, 0.15) is 0 Å². The van der Waals surface area contributed by atoms with E-state index in [-0.39, 0.29) is 1.43 Å². The molecule has 0 aliphatic carbocycles. The number of hydrogen-bond donors (Lipinski definition) is 0. The Morgan fingerprint density at radius 3 is 2.40 bits per heavy atom. The summed E-state index contributed by atoms with van der Waals surface area (Å²) in [5.74, 6) is 0. The largest absolute Gasteiger partial charge is 1.00 e. The minimum absolute atomic E-state index is 0. The first-order valence-electron chi connectivity index (χ1n) is 6.12. The molecule has 0 atom stereocenters. The molecule has 0 unspecified atom stereocenters. The number of unbranched alkanes of at least 4 members (excludes halogenated alkanes) is 2. The normalized spacial score (nSPS) is 10.6. The first-order chi connectivity index (χ1) is 7.29. The molecule has 0 spiro atoms. The van der Waals surface area contributed by atoms with Crippen LogP contribution in [-0.4, -0.2) is 22.5 Å². The Hall–Kier alpha value is 0.0187. The number of hydrogen-bond acceptors (Lipinski definition) is 0. The summed E-state index contributed by atoms with van der Waals surface area (Å²) in [6, 6.07) is 6.84. The van der Waals surface area contributed by atoms with E-state index in [0.717, 1.165) is 0 Å². The van der Waals surface area contributed by atoms with Gasteiger partial charge in [0, 0.05) is 0 Å². The minimum atomic E-state index is 0. The summed E-state index contributed by atoms with van der Waals surface area (Å²) in [6.07, 6.45) is 7.84. The Morgan fingerprint density at radius 1 is 1.07 bits per heavy atom. The van der Waals surface area contributed by atoms with Crippen molar-refractivity contribution in [3.8, 4) is 0 Å². The summed E-state index contributed by atoms with van der Waals surface area (Å²) in [5.41, 5.74) is 3.27. The van der Waals surface area contributed by atoms with E-state index in [4.69, 9.17) is 0 Å². The molecule has 0 N–H and O–H groups in total. The van der Waals surface area contributed by atoms with Crippen LogP contribution in [0.25, 0.3) is 0 Å². The Labute approximate surface area is 109 Å².